The van der Waals surface area contributed by atoms with E-state index in [2.05, 4.69) is 21.9 Å². The van der Waals surface area contributed by atoms with Gasteiger partial charge in [0.2, 0.25) is 0 Å². The average molecular weight is 395 g/mol. The molecule has 0 fully saturated rings. The second kappa shape index (κ2) is 7.67. The van der Waals surface area contributed by atoms with Gasteiger partial charge in [0.25, 0.3) is 5.56 Å². The maximum Gasteiger partial charge on any atom is 0.257 e. The number of H-pyrrole nitrogens is 1. The zero-order valence-electron chi connectivity index (χ0n) is 15.5. The molecule has 2 aromatic rings. The van der Waals surface area contributed by atoms with Crippen LogP contribution in [0.4, 0.5) is 5.82 Å². The van der Waals surface area contributed by atoms with Crippen molar-refractivity contribution in [3.8, 4) is 5.75 Å². The summed E-state index contributed by atoms with van der Waals surface area (Å²) >= 11 is 1.41. The standard InChI is InChI=1S/C21H21N3O3S/c1-3-10-28-21-23-19-18(20(26)24-21)16(12-6-4-7-13(11-12)27-2)17-14(22-19)8-5-9-15(17)25/h3-4,6-8,11,16-17H,1,5,9-10H2,2H3,(H2,22,23,24,26)/t16-,17-/m1/s1. The van der Waals surface area contributed by atoms with Gasteiger partial charge in [-0.1, -0.05) is 36.0 Å². The van der Waals surface area contributed by atoms with Crippen molar-refractivity contribution in [3.05, 3.63) is 70.2 Å². The Morgan fingerprint density at radius 2 is 2.21 bits per heavy atom. The predicted molar refractivity (Wildman–Crippen MR) is 110 cm³/mol. The third-order valence-electron chi connectivity index (χ3n) is 5.07. The Morgan fingerprint density at radius 1 is 1.36 bits per heavy atom. The molecule has 1 aliphatic heterocycles. The van der Waals surface area contributed by atoms with E-state index in [0.717, 1.165) is 11.3 Å². The Labute approximate surface area is 167 Å². The molecule has 2 N–H and O–H groups in total. The highest BCUT2D eigenvalue weighted by atomic mass is 32.2. The number of Topliss-reactive ketones (excluding diaryl/α,β-unsaturated/α-hetero) is 1. The summed E-state index contributed by atoms with van der Waals surface area (Å²) in [5.41, 5.74) is 1.96. The summed E-state index contributed by atoms with van der Waals surface area (Å²) in [5.74, 6) is 1.16. The number of hydrogen-bond donors (Lipinski definition) is 2. The number of fused-ring (bicyclic) bond motifs is 2. The summed E-state index contributed by atoms with van der Waals surface area (Å²) in [6.45, 7) is 3.70. The number of benzene rings is 1. The average Bonchev–Trinajstić information content (AvgIpc) is 2.71. The van der Waals surface area contributed by atoms with E-state index in [0.29, 0.717) is 40.9 Å². The minimum atomic E-state index is -0.414. The highest BCUT2D eigenvalue weighted by molar-refractivity contribution is 7.99. The van der Waals surface area contributed by atoms with E-state index in [1.807, 2.05) is 30.3 Å². The lowest BCUT2D eigenvalue weighted by molar-refractivity contribution is -0.122. The topological polar surface area (TPSA) is 84.1 Å². The van der Waals surface area contributed by atoms with E-state index in [9.17, 15) is 9.59 Å². The first-order valence-corrected chi connectivity index (χ1v) is 10.1. The lowest BCUT2D eigenvalue weighted by atomic mass is 9.72. The molecule has 0 saturated carbocycles. The van der Waals surface area contributed by atoms with Gasteiger partial charge in [0, 0.05) is 23.8 Å². The number of anilines is 1. The maximum atomic E-state index is 13.0. The molecule has 6 nitrogen and oxygen atoms in total. The second-order valence-corrected chi connectivity index (χ2v) is 7.76. The quantitative estimate of drug-likeness (QED) is 0.458. The largest absolute Gasteiger partial charge is 0.497 e. The van der Waals surface area contributed by atoms with E-state index in [1.54, 1.807) is 13.2 Å². The zero-order chi connectivity index (χ0) is 19.7. The van der Waals surface area contributed by atoms with Gasteiger partial charge in [-0.2, -0.15) is 0 Å². The van der Waals surface area contributed by atoms with Crippen LogP contribution in [0.15, 0.2) is 58.6 Å². The van der Waals surface area contributed by atoms with Crippen LogP contribution in [-0.2, 0) is 4.79 Å². The number of ether oxygens (including phenoxy) is 1. The molecule has 2 heterocycles. The van der Waals surface area contributed by atoms with Crippen molar-refractivity contribution >= 4 is 23.4 Å². The Hall–Kier alpha value is -2.80. The van der Waals surface area contributed by atoms with Gasteiger partial charge in [-0.05, 0) is 24.1 Å². The van der Waals surface area contributed by atoms with Crippen molar-refractivity contribution in [3.63, 3.8) is 0 Å². The SMILES string of the molecule is C=CCSc1nc2c(c(=O)[nH]1)[C@H](c1cccc(OC)c1)[C@H]1C(=O)CCC=C1N2. The van der Waals surface area contributed by atoms with Crippen LogP contribution in [0.3, 0.4) is 0 Å². The monoisotopic (exact) mass is 395 g/mol. The van der Waals surface area contributed by atoms with Crippen LogP contribution in [-0.4, -0.2) is 28.6 Å². The van der Waals surface area contributed by atoms with Gasteiger partial charge >= 0.3 is 0 Å². The van der Waals surface area contributed by atoms with Crippen LogP contribution >= 0.6 is 11.8 Å². The number of nitrogens with zero attached hydrogens (tertiary/aromatic N) is 1. The van der Waals surface area contributed by atoms with Crippen LogP contribution in [0.1, 0.15) is 29.9 Å². The number of methoxy groups -OCH3 is 1. The summed E-state index contributed by atoms with van der Waals surface area (Å²) in [6, 6.07) is 7.55. The van der Waals surface area contributed by atoms with Gasteiger partial charge in [0.1, 0.15) is 17.4 Å². The minimum absolute atomic E-state index is 0.132. The van der Waals surface area contributed by atoms with Crippen molar-refractivity contribution < 1.29 is 9.53 Å². The van der Waals surface area contributed by atoms with Gasteiger partial charge < -0.3 is 15.0 Å². The molecule has 1 aliphatic carbocycles. The van der Waals surface area contributed by atoms with Gasteiger partial charge in [-0.25, -0.2) is 4.98 Å². The maximum absolute atomic E-state index is 13.0. The molecule has 2 aliphatic rings. The first-order valence-electron chi connectivity index (χ1n) is 9.14. The number of nitrogens with one attached hydrogen (secondary N) is 2. The summed E-state index contributed by atoms with van der Waals surface area (Å²) in [5, 5.41) is 3.78. The van der Waals surface area contributed by atoms with E-state index in [4.69, 9.17) is 4.74 Å². The Balaban J connectivity index is 1.90. The fourth-order valence-electron chi connectivity index (χ4n) is 3.87. The Kier molecular flexibility index (Phi) is 5.09. The Bertz CT molecular complexity index is 1030. The highest BCUT2D eigenvalue weighted by Gasteiger charge is 2.42. The fourth-order valence-corrected chi connectivity index (χ4v) is 4.47. The third kappa shape index (κ3) is 3.26. The third-order valence-corrected chi connectivity index (χ3v) is 5.94. The number of aromatic nitrogens is 2. The van der Waals surface area contributed by atoms with Crippen LogP contribution in [0.25, 0.3) is 0 Å². The lowest BCUT2D eigenvalue weighted by Gasteiger charge is -2.36. The van der Waals surface area contributed by atoms with Crippen molar-refractivity contribution in [2.75, 3.05) is 18.2 Å². The smallest absolute Gasteiger partial charge is 0.257 e. The molecule has 0 amide bonds. The number of ketones is 1. The summed E-state index contributed by atoms with van der Waals surface area (Å²) in [6.07, 6.45) is 4.97. The number of hydrogen-bond acceptors (Lipinski definition) is 6. The zero-order valence-corrected chi connectivity index (χ0v) is 16.3. The molecule has 2 atom stereocenters. The van der Waals surface area contributed by atoms with Gasteiger partial charge in [-0.3, -0.25) is 9.59 Å². The second-order valence-electron chi connectivity index (χ2n) is 6.75. The number of rotatable bonds is 5. The van der Waals surface area contributed by atoms with E-state index in [-0.39, 0.29) is 11.3 Å². The first kappa shape index (κ1) is 18.6. The van der Waals surface area contributed by atoms with E-state index in [1.165, 1.54) is 11.8 Å². The van der Waals surface area contributed by atoms with Crippen LogP contribution < -0.4 is 15.6 Å². The van der Waals surface area contributed by atoms with Crippen molar-refractivity contribution in [1.29, 1.82) is 0 Å². The van der Waals surface area contributed by atoms with Crippen molar-refractivity contribution in [2.45, 2.75) is 23.9 Å². The lowest BCUT2D eigenvalue weighted by Crippen LogP contribution is -2.38. The molecule has 28 heavy (non-hydrogen) atoms. The number of carbonyl (C=O) groups is 1. The number of thioether (sulfide) groups is 1. The number of carbonyl (C=O) groups excluding carboxylic acids is 1. The summed E-state index contributed by atoms with van der Waals surface area (Å²) in [4.78, 5) is 33.3. The molecule has 4 rings (SSSR count). The highest BCUT2D eigenvalue weighted by Crippen LogP contribution is 2.45. The Morgan fingerprint density at radius 3 is 3.00 bits per heavy atom. The van der Waals surface area contributed by atoms with Crippen molar-refractivity contribution in [2.24, 2.45) is 5.92 Å². The number of allylic oxidation sites excluding steroid dienone is 2. The molecule has 0 spiro atoms. The van der Waals surface area contributed by atoms with Crippen LogP contribution in [0.2, 0.25) is 0 Å². The molecule has 0 unspecified atom stereocenters. The molecule has 144 valence electrons. The van der Waals surface area contributed by atoms with Crippen molar-refractivity contribution in [1.82, 2.24) is 9.97 Å². The molecular formula is C21H21N3O3S. The fraction of sp³-hybridized carbons (Fsp3) is 0.286. The van der Waals surface area contributed by atoms with E-state index >= 15 is 0 Å². The molecule has 0 bridgehead atoms. The molecule has 7 heteroatoms. The predicted octanol–water partition coefficient (Wildman–Crippen LogP) is 3.48. The van der Waals surface area contributed by atoms with Crippen LogP contribution in [0, 0.1) is 5.92 Å². The molecule has 1 aromatic heterocycles. The van der Waals surface area contributed by atoms with Gasteiger partial charge in [0.15, 0.2) is 5.16 Å². The molecule has 1 aromatic carbocycles. The molecule has 0 radical (unpaired) electrons. The van der Waals surface area contributed by atoms with Crippen LogP contribution in [0.5, 0.6) is 5.75 Å². The minimum Gasteiger partial charge on any atom is -0.497 e. The molecular weight excluding hydrogens is 374 g/mol. The van der Waals surface area contributed by atoms with Gasteiger partial charge in [0.05, 0.1) is 18.6 Å². The normalized spacial score (nSPS) is 20.5. The first-order chi connectivity index (χ1) is 13.6. The summed E-state index contributed by atoms with van der Waals surface area (Å²) < 4.78 is 5.36. The number of aromatic amines is 1. The van der Waals surface area contributed by atoms with Gasteiger partial charge in [-0.15, -0.1) is 6.58 Å². The van der Waals surface area contributed by atoms with E-state index < -0.39 is 11.8 Å². The molecule has 0 saturated heterocycles. The summed E-state index contributed by atoms with van der Waals surface area (Å²) in [7, 11) is 1.60.